The van der Waals surface area contributed by atoms with Crippen molar-refractivity contribution >= 4 is 16.9 Å². The third kappa shape index (κ3) is 4.26. The summed E-state index contributed by atoms with van der Waals surface area (Å²) in [5.74, 6) is 1.50. The molecule has 1 saturated carbocycles. The molecule has 1 aromatic carbocycles. The number of aromatic nitrogens is 3. The first-order chi connectivity index (χ1) is 15.5. The molecule has 0 bridgehead atoms. The van der Waals surface area contributed by atoms with Crippen LogP contribution < -0.4 is 5.32 Å². The second-order valence-electron chi connectivity index (χ2n) is 9.35. The summed E-state index contributed by atoms with van der Waals surface area (Å²) in [6.45, 7) is 9.62. The Morgan fingerprint density at radius 1 is 1.06 bits per heavy atom. The molecule has 170 valence electrons. The van der Waals surface area contributed by atoms with Crippen molar-refractivity contribution in [3.8, 4) is 0 Å². The number of hydrogen-bond donors (Lipinski definition) is 1. The Morgan fingerprint density at radius 3 is 2.47 bits per heavy atom. The number of imidazole rings is 1. The molecule has 3 heterocycles. The summed E-state index contributed by atoms with van der Waals surface area (Å²) in [5.41, 5.74) is 6.69. The lowest BCUT2D eigenvalue weighted by atomic mass is 9.85. The summed E-state index contributed by atoms with van der Waals surface area (Å²) >= 11 is 0. The van der Waals surface area contributed by atoms with Crippen LogP contribution in [-0.2, 0) is 22.4 Å². The number of benzene rings is 1. The molecule has 5 rings (SSSR count). The van der Waals surface area contributed by atoms with Gasteiger partial charge in [-0.3, -0.25) is 0 Å². The van der Waals surface area contributed by atoms with E-state index in [1.165, 1.54) is 16.8 Å². The fourth-order valence-corrected chi connectivity index (χ4v) is 5.16. The number of ether oxygens (including phenoxy) is 2. The van der Waals surface area contributed by atoms with E-state index < -0.39 is 0 Å². The number of fused-ring (bicyclic) bond motifs is 1. The minimum Gasteiger partial charge on any atom is -0.385 e. The number of nitrogens with one attached hydrogen (secondary N) is 1. The summed E-state index contributed by atoms with van der Waals surface area (Å²) in [5, 5.41) is 3.63. The number of nitrogens with zero attached hydrogens (tertiary/aromatic N) is 3. The first kappa shape index (κ1) is 21.4. The van der Waals surface area contributed by atoms with Gasteiger partial charge in [-0.05, 0) is 61.9 Å². The molecule has 1 N–H and O–H groups in total. The fraction of sp³-hybridized carbons (Fsp3) is 0.538. The van der Waals surface area contributed by atoms with Crippen LogP contribution in [0.1, 0.15) is 55.3 Å². The molecule has 32 heavy (non-hydrogen) atoms. The van der Waals surface area contributed by atoms with Crippen molar-refractivity contribution in [3.05, 3.63) is 53.0 Å². The van der Waals surface area contributed by atoms with Gasteiger partial charge in [0, 0.05) is 37.2 Å². The van der Waals surface area contributed by atoms with Crippen molar-refractivity contribution in [2.75, 3.05) is 25.1 Å². The minimum atomic E-state index is -0.265. The van der Waals surface area contributed by atoms with Crippen LogP contribution in [-0.4, -0.2) is 40.1 Å². The summed E-state index contributed by atoms with van der Waals surface area (Å²) in [6, 6.07) is 10.9. The molecule has 2 aromatic heterocycles. The first-order valence-corrected chi connectivity index (χ1v) is 12.0. The van der Waals surface area contributed by atoms with Crippen molar-refractivity contribution in [1.82, 2.24) is 14.5 Å². The van der Waals surface area contributed by atoms with Gasteiger partial charge < -0.3 is 19.4 Å². The van der Waals surface area contributed by atoms with Gasteiger partial charge in [-0.1, -0.05) is 19.1 Å². The average molecular weight is 435 g/mol. The lowest BCUT2D eigenvalue weighted by Gasteiger charge is -2.35. The highest BCUT2D eigenvalue weighted by Gasteiger charge is 2.40. The van der Waals surface area contributed by atoms with Gasteiger partial charge in [-0.15, -0.1) is 0 Å². The molecule has 0 unspecified atom stereocenters. The van der Waals surface area contributed by atoms with E-state index in [1.54, 1.807) is 0 Å². The van der Waals surface area contributed by atoms with Crippen LogP contribution in [0.2, 0.25) is 0 Å². The maximum Gasteiger partial charge on any atom is 0.168 e. The number of aryl methyl sites for hydroxylation is 3. The second-order valence-corrected chi connectivity index (χ2v) is 9.35. The standard InChI is InChI=1S/C26H34N4O2/c1-4-23-29-24-18(2)15-19(3)28-25(24)30(23)17-21-5-7-22(8-6-21)27-16-20-9-11-26(12-10-20)31-13-14-32-26/h5-8,15,20,27H,4,9-14,16-17H2,1-3H3. The van der Waals surface area contributed by atoms with Crippen LogP contribution >= 0.6 is 0 Å². The largest absolute Gasteiger partial charge is 0.385 e. The summed E-state index contributed by atoms with van der Waals surface area (Å²) in [7, 11) is 0. The van der Waals surface area contributed by atoms with Gasteiger partial charge in [0.15, 0.2) is 11.4 Å². The number of hydrogen-bond acceptors (Lipinski definition) is 5. The molecule has 6 heteroatoms. The van der Waals surface area contributed by atoms with Crippen molar-refractivity contribution in [2.24, 2.45) is 5.92 Å². The molecule has 0 atom stereocenters. The van der Waals surface area contributed by atoms with E-state index >= 15 is 0 Å². The molecule has 3 aromatic rings. The second kappa shape index (κ2) is 8.83. The van der Waals surface area contributed by atoms with E-state index in [0.29, 0.717) is 5.92 Å². The molecule has 1 saturated heterocycles. The van der Waals surface area contributed by atoms with Crippen LogP contribution in [0.4, 0.5) is 5.69 Å². The van der Waals surface area contributed by atoms with Gasteiger partial charge in [0.2, 0.25) is 0 Å². The van der Waals surface area contributed by atoms with E-state index in [9.17, 15) is 0 Å². The SMILES string of the molecule is CCc1nc2c(C)cc(C)nc2n1Cc1ccc(NCC2CCC3(CC2)OCCO3)cc1. The lowest BCUT2D eigenvalue weighted by molar-refractivity contribution is -0.181. The predicted octanol–water partition coefficient (Wildman–Crippen LogP) is 5.00. The van der Waals surface area contributed by atoms with Gasteiger partial charge in [-0.25, -0.2) is 9.97 Å². The number of anilines is 1. The lowest BCUT2D eigenvalue weighted by Crippen LogP contribution is -2.36. The molecule has 1 aliphatic heterocycles. The van der Waals surface area contributed by atoms with Crippen LogP contribution in [0.5, 0.6) is 0 Å². The molecule has 6 nitrogen and oxygen atoms in total. The first-order valence-electron chi connectivity index (χ1n) is 12.0. The average Bonchev–Trinajstić information content (AvgIpc) is 3.39. The normalized spacial score (nSPS) is 18.6. The fourth-order valence-electron chi connectivity index (χ4n) is 5.16. The van der Waals surface area contributed by atoms with Gasteiger partial charge in [-0.2, -0.15) is 0 Å². The highest BCUT2D eigenvalue weighted by atomic mass is 16.7. The Kier molecular flexibility index (Phi) is 5.91. The van der Waals surface area contributed by atoms with Crippen LogP contribution in [0.15, 0.2) is 30.3 Å². The smallest absolute Gasteiger partial charge is 0.168 e. The van der Waals surface area contributed by atoms with Crippen LogP contribution in [0.25, 0.3) is 11.2 Å². The zero-order valence-corrected chi connectivity index (χ0v) is 19.5. The molecule has 0 amide bonds. The van der Waals surface area contributed by atoms with Gasteiger partial charge in [0.05, 0.1) is 19.8 Å². The third-order valence-corrected chi connectivity index (χ3v) is 6.99. The molecular weight excluding hydrogens is 400 g/mol. The van der Waals surface area contributed by atoms with E-state index in [-0.39, 0.29) is 5.79 Å². The molecule has 1 aliphatic carbocycles. The topological polar surface area (TPSA) is 61.2 Å². The van der Waals surface area contributed by atoms with E-state index in [1.807, 2.05) is 0 Å². The zero-order valence-electron chi connectivity index (χ0n) is 19.5. The van der Waals surface area contributed by atoms with Crippen LogP contribution in [0.3, 0.4) is 0 Å². The van der Waals surface area contributed by atoms with E-state index in [4.69, 9.17) is 19.4 Å². The highest BCUT2D eigenvalue weighted by molar-refractivity contribution is 5.76. The quantitative estimate of drug-likeness (QED) is 0.591. The monoisotopic (exact) mass is 434 g/mol. The Bertz CT molecular complexity index is 1070. The predicted molar refractivity (Wildman–Crippen MR) is 127 cm³/mol. The number of pyridine rings is 1. The Balaban J connectivity index is 1.22. The molecular formula is C26H34N4O2. The van der Waals surface area contributed by atoms with Crippen molar-refractivity contribution in [3.63, 3.8) is 0 Å². The molecule has 1 spiro atoms. The maximum atomic E-state index is 5.85. The maximum absolute atomic E-state index is 5.85. The molecule has 0 radical (unpaired) electrons. The van der Waals surface area contributed by atoms with E-state index in [2.05, 4.69) is 61.0 Å². The Hall–Kier alpha value is -2.44. The van der Waals surface area contributed by atoms with Crippen molar-refractivity contribution in [2.45, 2.75) is 65.2 Å². The Labute approximate surface area is 190 Å². The zero-order chi connectivity index (χ0) is 22.1. The van der Waals surface area contributed by atoms with E-state index in [0.717, 1.165) is 81.1 Å². The molecule has 2 fully saturated rings. The summed E-state index contributed by atoms with van der Waals surface area (Å²) in [6.07, 6.45) is 5.25. The van der Waals surface area contributed by atoms with Gasteiger partial charge in [0.25, 0.3) is 0 Å². The summed E-state index contributed by atoms with van der Waals surface area (Å²) in [4.78, 5) is 9.66. The Morgan fingerprint density at radius 2 is 1.78 bits per heavy atom. The van der Waals surface area contributed by atoms with Crippen molar-refractivity contribution < 1.29 is 9.47 Å². The minimum absolute atomic E-state index is 0.265. The van der Waals surface area contributed by atoms with Gasteiger partial charge >= 0.3 is 0 Å². The number of rotatable bonds is 6. The van der Waals surface area contributed by atoms with Crippen molar-refractivity contribution in [1.29, 1.82) is 0 Å². The highest BCUT2D eigenvalue weighted by Crippen LogP contribution is 2.38. The summed E-state index contributed by atoms with van der Waals surface area (Å²) < 4.78 is 14.0. The molecule has 2 aliphatic rings. The van der Waals surface area contributed by atoms with Gasteiger partial charge in [0.1, 0.15) is 11.3 Å². The third-order valence-electron chi connectivity index (χ3n) is 6.99. The van der Waals surface area contributed by atoms with Crippen LogP contribution in [0, 0.1) is 19.8 Å².